The summed E-state index contributed by atoms with van der Waals surface area (Å²) in [6.07, 6.45) is 4.48. The van der Waals surface area contributed by atoms with Gasteiger partial charge in [0.15, 0.2) is 0 Å². The maximum absolute atomic E-state index is 12.3. The Morgan fingerprint density at radius 3 is 2.64 bits per heavy atom. The standard InChI is InChI=1S/C20H13Br2N3O3/c21-15-9-14(11-23-12-15)19(26)25-24-10-13-4-3-5-16(8-13)28-20(27)17-6-1-2-7-18(17)22/h1-12H,(H,25,26). The fourth-order valence-corrected chi connectivity index (χ4v) is 3.02. The van der Waals surface area contributed by atoms with Gasteiger partial charge < -0.3 is 4.74 Å². The lowest BCUT2D eigenvalue weighted by Crippen LogP contribution is -2.17. The molecule has 0 atom stereocenters. The van der Waals surface area contributed by atoms with Crippen molar-refractivity contribution in [2.45, 2.75) is 0 Å². The van der Waals surface area contributed by atoms with Gasteiger partial charge in [0.05, 0.1) is 17.3 Å². The molecule has 0 aliphatic rings. The molecule has 0 unspecified atom stereocenters. The number of hydrogen-bond acceptors (Lipinski definition) is 5. The Kier molecular flexibility index (Phi) is 6.67. The first kappa shape index (κ1) is 19.9. The number of hydrazone groups is 1. The predicted molar refractivity (Wildman–Crippen MR) is 113 cm³/mol. The number of nitrogens with one attached hydrogen (secondary N) is 1. The van der Waals surface area contributed by atoms with Crippen LogP contribution < -0.4 is 10.2 Å². The first-order valence-electron chi connectivity index (χ1n) is 8.03. The van der Waals surface area contributed by atoms with Crippen LogP contribution in [0.5, 0.6) is 5.75 Å². The van der Waals surface area contributed by atoms with Crippen LogP contribution in [0.4, 0.5) is 0 Å². The second-order valence-corrected chi connectivity index (χ2v) is 7.30. The number of halogens is 2. The van der Waals surface area contributed by atoms with E-state index in [2.05, 4.69) is 47.4 Å². The molecule has 1 N–H and O–H groups in total. The van der Waals surface area contributed by atoms with Crippen LogP contribution in [-0.4, -0.2) is 23.1 Å². The maximum atomic E-state index is 12.3. The molecule has 0 saturated carbocycles. The molecule has 2 aromatic carbocycles. The molecular weight excluding hydrogens is 490 g/mol. The van der Waals surface area contributed by atoms with Gasteiger partial charge in [-0.15, -0.1) is 0 Å². The van der Waals surface area contributed by atoms with Crippen LogP contribution in [0.25, 0.3) is 0 Å². The number of pyridine rings is 1. The van der Waals surface area contributed by atoms with Gasteiger partial charge in [-0.3, -0.25) is 9.78 Å². The Morgan fingerprint density at radius 2 is 1.86 bits per heavy atom. The minimum absolute atomic E-state index is 0.368. The summed E-state index contributed by atoms with van der Waals surface area (Å²) in [4.78, 5) is 28.2. The van der Waals surface area contributed by atoms with E-state index >= 15 is 0 Å². The summed E-state index contributed by atoms with van der Waals surface area (Å²) in [6.45, 7) is 0. The molecule has 6 nitrogen and oxygen atoms in total. The minimum atomic E-state index is -0.475. The van der Waals surface area contributed by atoms with Gasteiger partial charge in [-0.1, -0.05) is 24.3 Å². The van der Waals surface area contributed by atoms with Crippen LogP contribution >= 0.6 is 31.9 Å². The Morgan fingerprint density at radius 1 is 1.04 bits per heavy atom. The zero-order chi connectivity index (χ0) is 19.9. The first-order valence-corrected chi connectivity index (χ1v) is 9.62. The largest absolute Gasteiger partial charge is 0.423 e. The van der Waals surface area contributed by atoms with Crippen LogP contribution in [0.3, 0.4) is 0 Å². The molecule has 0 radical (unpaired) electrons. The SMILES string of the molecule is O=C(NN=Cc1cccc(OC(=O)c2ccccc2Br)c1)c1cncc(Br)c1. The normalized spacial score (nSPS) is 10.6. The third-order valence-corrected chi connectivity index (χ3v) is 4.63. The van der Waals surface area contributed by atoms with E-state index in [1.54, 1.807) is 54.7 Å². The summed E-state index contributed by atoms with van der Waals surface area (Å²) in [6, 6.07) is 15.5. The van der Waals surface area contributed by atoms with E-state index in [0.717, 1.165) is 0 Å². The van der Waals surface area contributed by atoms with E-state index in [9.17, 15) is 9.59 Å². The molecule has 1 heterocycles. The minimum Gasteiger partial charge on any atom is -0.423 e. The Balaban J connectivity index is 1.64. The van der Waals surface area contributed by atoms with Gasteiger partial charge in [0.2, 0.25) is 0 Å². The molecule has 0 saturated heterocycles. The third kappa shape index (κ3) is 5.34. The van der Waals surface area contributed by atoms with Gasteiger partial charge in [0, 0.05) is 21.3 Å². The van der Waals surface area contributed by atoms with Gasteiger partial charge in [-0.25, -0.2) is 10.2 Å². The van der Waals surface area contributed by atoms with Crippen molar-refractivity contribution in [3.63, 3.8) is 0 Å². The van der Waals surface area contributed by atoms with Crippen molar-refractivity contribution in [1.82, 2.24) is 10.4 Å². The van der Waals surface area contributed by atoms with E-state index in [-0.39, 0.29) is 5.91 Å². The molecule has 0 fully saturated rings. The van der Waals surface area contributed by atoms with E-state index in [1.165, 1.54) is 12.4 Å². The van der Waals surface area contributed by atoms with Crippen molar-refractivity contribution in [2.24, 2.45) is 5.10 Å². The molecule has 8 heteroatoms. The first-order chi connectivity index (χ1) is 13.5. The Bertz CT molecular complexity index is 1050. The van der Waals surface area contributed by atoms with Gasteiger partial charge in [0.1, 0.15) is 5.75 Å². The predicted octanol–water partition coefficient (Wildman–Crippen LogP) is 4.59. The number of carbonyl (C=O) groups excluding carboxylic acids is 2. The highest BCUT2D eigenvalue weighted by molar-refractivity contribution is 9.10. The lowest BCUT2D eigenvalue weighted by Gasteiger charge is -2.06. The van der Waals surface area contributed by atoms with Crippen molar-refractivity contribution in [1.29, 1.82) is 0 Å². The maximum Gasteiger partial charge on any atom is 0.344 e. The van der Waals surface area contributed by atoms with Crippen LogP contribution in [-0.2, 0) is 0 Å². The number of esters is 1. The van der Waals surface area contributed by atoms with E-state index < -0.39 is 5.97 Å². The zero-order valence-electron chi connectivity index (χ0n) is 14.3. The molecule has 140 valence electrons. The van der Waals surface area contributed by atoms with E-state index in [4.69, 9.17) is 4.74 Å². The average molecular weight is 503 g/mol. The molecule has 0 aliphatic carbocycles. The lowest BCUT2D eigenvalue weighted by molar-refractivity contribution is 0.0733. The van der Waals surface area contributed by atoms with Crippen molar-refractivity contribution in [3.8, 4) is 5.75 Å². The highest BCUT2D eigenvalue weighted by Crippen LogP contribution is 2.19. The summed E-state index contributed by atoms with van der Waals surface area (Å²) < 4.78 is 6.75. The number of amides is 1. The Hall–Kier alpha value is -2.84. The Labute approximate surface area is 177 Å². The number of hydrogen-bond donors (Lipinski definition) is 1. The molecule has 3 aromatic rings. The molecule has 0 spiro atoms. The topological polar surface area (TPSA) is 80.6 Å². The number of ether oxygens (including phenoxy) is 1. The van der Waals surface area contributed by atoms with E-state index in [0.29, 0.717) is 31.4 Å². The van der Waals surface area contributed by atoms with Crippen LogP contribution in [0.15, 0.2) is 81.0 Å². The number of benzene rings is 2. The highest BCUT2D eigenvalue weighted by atomic mass is 79.9. The number of rotatable bonds is 5. The summed E-state index contributed by atoms with van der Waals surface area (Å²) in [5.41, 5.74) is 3.89. The van der Waals surface area contributed by atoms with Crippen molar-refractivity contribution in [2.75, 3.05) is 0 Å². The second-order valence-electron chi connectivity index (χ2n) is 5.53. The summed E-state index contributed by atoms with van der Waals surface area (Å²) in [7, 11) is 0. The quantitative estimate of drug-likeness (QED) is 0.239. The molecule has 1 aromatic heterocycles. The van der Waals surface area contributed by atoms with Crippen LogP contribution in [0.2, 0.25) is 0 Å². The summed E-state index contributed by atoms with van der Waals surface area (Å²) in [5, 5.41) is 3.92. The van der Waals surface area contributed by atoms with Gasteiger partial charge >= 0.3 is 5.97 Å². The molecule has 3 rings (SSSR count). The number of nitrogens with zero attached hydrogens (tertiary/aromatic N) is 2. The number of aromatic nitrogens is 1. The van der Waals surface area contributed by atoms with Crippen LogP contribution in [0, 0.1) is 0 Å². The van der Waals surface area contributed by atoms with Gasteiger partial charge in [-0.05, 0) is 67.8 Å². The van der Waals surface area contributed by atoms with Gasteiger partial charge in [-0.2, -0.15) is 5.10 Å². The average Bonchev–Trinajstić information content (AvgIpc) is 2.68. The zero-order valence-corrected chi connectivity index (χ0v) is 17.5. The van der Waals surface area contributed by atoms with Crippen LogP contribution in [0.1, 0.15) is 26.3 Å². The van der Waals surface area contributed by atoms with Crippen molar-refractivity contribution in [3.05, 3.63) is 92.6 Å². The smallest absolute Gasteiger partial charge is 0.344 e. The van der Waals surface area contributed by atoms with Crippen molar-refractivity contribution >= 4 is 50.0 Å². The molecular formula is C20H13Br2N3O3. The van der Waals surface area contributed by atoms with Gasteiger partial charge in [0.25, 0.3) is 5.91 Å². The lowest BCUT2D eigenvalue weighted by atomic mass is 10.2. The summed E-state index contributed by atoms with van der Waals surface area (Å²) in [5.74, 6) is -0.495. The fraction of sp³-hybridized carbons (Fsp3) is 0. The van der Waals surface area contributed by atoms with Crippen molar-refractivity contribution < 1.29 is 14.3 Å². The van der Waals surface area contributed by atoms with E-state index in [1.807, 2.05) is 6.07 Å². The second kappa shape index (κ2) is 9.38. The summed E-state index contributed by atoms with van der Waals surface area (Å²) >= 11 is 6.59. The molecule has 1 amide bonds. The monoisotopic (exact) mass is 501 g/mol. The highest BCUT2D eigenvalue weighted by Gasteiger charge is 2.12. The number of carbonyl (C=O) groups is 2. The third-order valence-electron chi connectivity index (χ3n) is 3.51. The fourth-order valence-electron chi connectivity index (χ4n) is 2.21. The molecule has 28 heavy (non-hydrogen) atoms. The molecule has 0 bridgehead atoms. The molecule has 0 aliphatic heterocycles.